The first-order valence-electron chi connectivity index (χ1n) is 5.12. The molecular weight excluding hydrogens is 214 g/mol. The maximum absolute atomic E-state index is 10.3. The van der Waals surface area contributed by atoms with Crippen LogP contribution < -0.4 is 10.1 Å². The van der Waals surface area contributed by atoms with Crippen molar-refractivity contribution in [1.82, 2.24) is 0 Å². The van der Waals surface area contributed by atoms with E-state index in [1.165, 1.54) is 0 Å². The minimum atomic E-state index is 0.510. The zero-order valence-corrected chi connectivity index (χ0v) is 9.77. The molecule has 0 heterocycles. The molecular formula is C14H15NO2. The zero-order chi connectivity index (χ0) is 12.7. The van der Waals surface area contributed by atoms with E-state index in [4.69, 9.17) is 4.74 Å². The van der Waals surface area contributed by atoms with Crippen LogP contribution in [0.2, 0.25) is 0 Å². The maximum atomic E-state index is 10.3. The molecule has 0 saturated carbocycles. The fourth-order valence-electron chi connectivity index (χ4n) is 1.14. The molecule has 1 aromatic carbocycles. The molecule has 0 fully saturated rings. The summed E-state index contributed by atoms with van der Waals surface area (Å²) in [5, 5.41) is 2.55. The number of amides is 1. The summed E-state index contributed by atoms with van der Waals surface area (Å²) < 4.78 is 5.47. The van der Waals surface area contributed by atoms with Crippen molar-refractivity contribution >= 4 is 12.1 Å². The minimum Gasteiger partial charge on any atom is -0.458 e. The largest absolute Gasteiger partial charge is 0.458 e. The molecule has 1 N–H and O–H groups in total. The fourth-order valence-corrected chi connectivity index (χ4v) is 1.14. The zero-order valence-electron chi connectivity index (χ0n) is 9.77. The lowest BCUT2D eigenvalue weighted by Crippen LogP contribution is -1.95. The van der Waals surface area contributed by atoms with Gasteiger partial charge in [0, 0.05) is 11.8 Å². The number of allylic oxidation sites excluding steroid dienone is 3. The van der Waals surface area contributed by atoms with Gasteiger partial charge in [0.25, 0.3) is 0 Å². The molecule has 3 nitrogen and oxygen atoms in total. The Morgan fingerprint density at radius 2 is 2.12 bits per heavy atom. The summed E-state index contributed by atoms with van der Waals surface area (Å²) in [4.78, 5) is 10.3. The predicted molar refractivity (Wildman–Crippen MR) is 69.9 cm³/mol. The lowest BCUT2D eigenvalue weighted by Gasteiger charge is -2.06. The number of carbonyl (C=O) groups is 1. The molecule has 1 aromatic rings. The molecule has 0 aliphatic rings. The van der Waals surface area contributed by atoms with Crippen LogP contribution in [0, 0.1) is 0 Å². The summed E-state index contributed by atoms with van der Waals surface area (Å²) >= 11 is 0. The average molecular weight is 229 g/mol. The Labute approximate surface area is 101 Å². The van der Waals surface area contributed by atoms with Crippen LogP contribution in [0.3, 0.4) is 0 Å². The van der Waals surface area contributed by atoms with Crippen LogP contribution in [0.1, 0.15) is 6.92 Å². The van der Waals surface area contributed by atoms with E-state index in [2.05, 4.69) is 18.5 Å². The van der Waals surface area contributed by atoms with E-state index in [1.54, 1.807) is 30.3 Å². The SMILES string of the molecule is C=C(C)/C=C\C(=C)Oc1cccc(NC=O)c1. The van der Waals surface area contributed by atoms with Gasteiger partial charge in [0.1, 0.15) is 11.5 Å². The summed E-state index contributed by atoms with van der Waals surface area (Å²) in [5.41, 5.74) is 1.60. The van der Waals surface area contributed by atoms with Gasteiger partial charge in [-0.25, -0.2) is 0 Å². The van der Waals surface area contributed by atoms with E-state index in [0.29, 0.717) is 23.6 Å². The van der Waals surface area contributed by atoms with Crippen LogP contribution in [0.5, 0.6) is 5.75 Å². The molecule has 1 rings (SSSR count). The van der Waals surface area contributed by atoms with E-state index in [1.807, 2.05) is 13.0 Å². The smallest absolute Gasteiger partial charge is 0.211 e. The molecule has 0 unspecified atom stereocenters. The number of anilines is 1. The monoisotopic (exact) mass is 229 g/mol. The van der Waals surface area contributed by atoms with Crippen molar-refractivity contribution in [1.29, 1.82) is 0 Å². The molecule has 0 spiro atoms. The normalized spacial score (nSPS) is 9.94. The number of rotatable bonds is 6. The number of carbonyl (C=O) groups excluding carboxylic acids is 1. The fraction of sp³-hybridized carbons (Fsp3) is 0.0714. The Morgan fingerprint density at radius 1 is 1.35 bits per heavy atom. The van der Waals surface area contributed by atoms with Gasteiger partial charge in [-0.15, -0.1) is 0 Å². The van der Waals surface area contributed by atoms with E-state index in [9.17, 15) is 4.79 Å². The van der Waals surface area contributed by atoms with Crippen LogP contribution in [-0.4, -0.2) is 6.41 Å². The summed E-state index contributed by atoms with van der Waals surface area (Å²) in [6.07, 6.45) is 4.17. The number of hydrogen-bond acceptors (Lipinski definition) is 2. The second-order valence-electron chi connectivity index (χ2n) is 3.54. The molecule has 3 heteroatoms. The molecule has 0 atom stereocenters. The Kier molecular flexibility index (Phi) is 4.76. The van der Waals surface area contributed by atoms with Crippen molar-refractivity contribution in [2.75, 3.05) is 5.32 Å². The number of benzene rings is 1. The molecule has 0 bridgehead atoms. The van der Waals surface area contributed by atoms with E-state index in [-0.39, 0.29) is 0 Å². The lowest BCUT2D eigenvalue weighted by atomic mass is 10.3. The maximum Gasteiger partial charge on any atom is 0.211 e. The van der Waals surface area contributed by atoms with Crippen molar-refractivity contribution in [3.8, 4) is 5.75 Å². The average Bonchev–Trinajstić information content (AvgIpc) is 2.27. The van der Waals surface area contributed by atoms with Gasteiger partial charge in [0.05, 0.1) is 0 Å². The summed E-state index contributed by atoms with van der Waals surface area (Å²) in [7, 11) is 0. The molecule has 17 heavy (non-hydrogen) atoms. The highest BCUT2D eigenvalue weighted by atomic mass is 16.5. The van der Waals surface area contributed by atoms with Crippen molar-refractivity contribution in [2.45, 2.75) is 6.92 Å². The highest BCUT2D eigenvalue weighted by Crippen LogP contribution is 2.19. The standard InChI is InChI=1S/C14H15NO2/c1-11(2)7-8-12(3)17-14-6-4-5-13(9-14)15-10-16/h4-10H,1,3H2,2H3,(H,15,16)/b8-7-. The summed E-state index contributed by atoms with van der Waals surface area (Å²) in [6, 6.07) is 7.06. The van der Waals surface area contributed by atoms with Gasteiger partial charge in [0.15, 0.2) is 0 Å². The van der Waals surface area contributed by atoms with Gasteiger partial charge < -0.3 is 10.1 Å². The third-order valence-corrected chi connectivity index (χ3v) is 1.86. The molecule has 0 aliphatic carbocycles. The Hall–Kier alpha value is -2.29. The van der Waals surface area contributed by atoms with Crippen molar-refractivity contribution < 1.29 is 9.53 Å². The molecule has 0 aliphatic heterocycles. The van der Waals surface area contributed by atoms with Gasteiger partial charge in [-0.3, -0.25) is 4.79 Å². The lowest BCUT2D eigenvalue weighted by molar-refractivity contribution is -0.105. The van der Waals surface area contributed by atoms with Crippen LogP contribution in [0.4, 0.5) is 5.69 Å². The van der Waals surface area contributed by atoms with Gasteiger partial charge >= 0.3 is 0 Å². The molecule has 88 valence electrons. The molecule has 0 radical (unpaired) electrons. The van der Waals surface area contributed by atoms with Gasteiger partial charge in [0.2, 0.25) is 6.41 Å². The number of nitrogens with one attached hydrogen (secondary N) is 1. The third kappa shape index (κ3) is 4.84. The number of ether oxygens (including phenoxy) is 1. The van der Waals surface area contributed by atoms with Crippen molar-refractivity contribution in [3.05, 3.63) is 60.9 Å². The molecule has 0 saturated heterocycles. The highest BCUT2D eigenvalue weighted by molar-refractivity contribution is 5.71. The topological polar surface area (TPSA) is 38.3 Å². The highest BCUT2D eigenvalue weighted by Gasteiger charge is 1.97. The first-order chi connectivity index (χ1) is 8.11. The summed E-state index contributed by atoms with van der Waals surface area (Å²) in [6.45, 7) is 9.39. The molecule has 1 amide bonds. The Morgan fingerprint density at radius 3 is 2.76 bits per heavy atom. The minimum absolute atomic E-state index is 0.510. The van der Waals surface area contributed by atoms with Crippen LogP contribution in [0.15, 0.2) is 60.9 Å². The second kappa shape index (κ2) is 6.33. The number of hydrogen-bond donors (Lipinski definition) is 1. The van der Waals surface area contributed by atoms with Gasteiger partial charge in [-0.05, 0) is 25.1 Å². The third-order valence-electron chi connectivity index (χ3n) is 1.86. The van der Waals surface area contributed by atoms with Crippen LogP contribution >= 0.6 is 0 Å². The van der Waals surface area contributed by atoms with Gasteiger partial charge in [-0.1, -0.05) is 30.9 Å². The second-order valence-corrected chi connectivity index (χ2v) is 3.54. The predicted octanol–water partition coefficient (Wildman–Crippen LogP) is 3.28. The van der Waals surface area contributed by atoms with Crippen molar-refractivity contribution in [2.24, 2.45) is 0 Å². The Bertz CT molecular complexity index is 461. The first-order valence-corrected chi connectivity index (χ1v) is 5.12. The first kappa shape index (κ1) is 12.8. The Balaban J connectivity index is 2.68. The molecule has 0 aromatic heterocycles. The quantitative estimate of drug-likeness (QED) is 0.462. The van der Waals surface area contributed by atoms with E-state index in [0.717, 1.165) is 5.57 Å². The van der Waals surface area contributed by atoms with E-state index >= 15 is 0 Å². The van der Waals surface area contributed by atoms with E-state index < -0.39 is 0 Å². The van der Waals surface area contributed by atoms with Crippen LogP contribution in [0.25, 0.3) is 0 Å². The van der Waals surface area contributed by atoms with Crippen molar-refractivity contribution in [3.63, 3.8) is 0 Å². The summed E-state index contributed by atoms with van der Waals surface area (Å²) in [5.74, 6) is 1.13. The van der Waals surface area contributed by atoms with Crippen LogP contribution in [-0.2, 0) is 4.79 Å². The van der Waals surface area contributed by atoms with Gasteiger partial charge in [-0.2, -0.15) is 0 Å².